The molecule has 0 bridgehead atoms. The fraction of sp³-hybridized carbons (Fsp3) is 0.545. The Hall–Kier alpha value is -1.13. The molecule has 0 saturated carbocycles. The molecule has 1 aliphatic rings. The zero-order valence-corrected chi connectivity index (χ0v) is 9.23. The number of nitrogens with zero attached hydrogens (tertiary/aromatic N) is 2. The summed E-state index contributed by atoms with van der Waals surface area (Å²) in [6.07, 6.45) is 1.90. The van der Waals surface area contributed by atoms with Gasteiger partial charge in [-0.05, 0) is 18.6 Å². The molecule has 0 radical (unpaired) electrons. The van der Waals surface area contributed by atoms with E-state index in [1.165, 1.54) is 11.1 Å². The van der Waals surface area contributed by atoms with Gasteiger partial charge in [0.25, 0.3) is 0 Å². The van der Waals surface area contributed by atoms with E-state index in [1.54, 1.807) is 0 Å². The van der Waals surface area contributed by atoms with Gasteiger partial charge in [0.2, 0.25) is 0 Å². The Kier molecular flexibility index (Phi) is 2.88. The number of hydrogen-bond donors (Lipinski definition) is 1. The number of ether oxygens (including phenoxy) is 1. The van der Waals surface area contributed by atoms with Gasteiger partial charge in [-0.3, -0.25) is 0 Å². The van der Waals surface area contributed by atoms with Crippen molar-refractivity contribution in [2.45, 2.75) is 26.2 Å². The van der Waals surface area contributed by atoms with Crippen LogP contribution in [0.5, 0.6) is 0 Å². The van der Waals surface area contributed by atoms with E-state index in [9.17, 15) is 0 Å². The predicted molar refractivity (Wildman–Crippen MR) is 59.6 cm³/mol. The van der Waals surface area contributed by atoms with Gasteiger partial charge in [-0.15, -0.1) is 0 Å². The molecule has 0 aliphatic carbocycles. The Bertz CT molecular complexity index is 354. The minimum absolute atomic E-state index is 0.304. The molecule has 1 aliphatic heterocycles. The number of fused-ring (bicyclic) bond motifs is 1. The van der Waals surface area contributed by atoms with Crippen LogP contribution >= 0.6 is 0 Å². The second-order valence-electron chi connectivity index (χ2n) is 4.00. The second-order valence-corrected chi connectivity index (χ2v) is 4.00. The van der Waals surface area contributed by atoms with Gasteiger partial charge in [-0.1, -0.05) is 0 Å². The minimum Gasteiger partial charge on any atom is -0.372 e. The highest BCUT2D eigenvalue weighted by Crippen LogP contribution is 2.23. The molecule has 4 nitrogen and oxygen atoms in total. The molecule has 0 amide bonds. The molecule has 2 N–H and O–H groups in total. The van der Waals surface area contributed by atoms with Crippen LogP contribution in [0.15, 0.2) is 12.3 Å². The molecule has 0 aromatic carbocycles. The summed E-state index contributed by atoms with van der Waals surface area (Å²) in [5, 5.41) is 0. The lowest BCUT2D eigenvalue weighted by Crippen LogP contribution is -2.35. The first kappa shape index (κ1) is 10.4. The lowest BCUT2D eigenvalue weighted by Gasteiger charge is -2.24. The molecular weight excluding hydrogens is 190 g/mol. The number of pyridine rings is 1. The zero-order valence-electron chi connectivity index (χ0n) is 9.23. The van der Waals surface area contributed by atoms with Crippen molar-refractivity contribution in [3.05, 3.63) is 23.4 Å². The summed E-state index contributed by atoms with van der Waals surface area (Å²) < 4.78 is 5.35. The maximum Gasteiger partial charge on any atom is 0.128 e. The van der Waals surface area contributed by atoms with Gasteiger partial charge in [0.1, 0.15) is 5.82 Å². The lowest BCUT2D eigenvalue weighted by molar-refractivity contribution is 0.134. The molecule has 2 rings (SSSR count). The highest BCUT2D eigenvalue weighted by Gasteiger charge is 2.15. The van der Waals surface area contributed by atoms with Gasteiger partial charge in [-0.25, -0.2) is 4.98 Å². The predicted octanol–water partition coefficient (Wildman–Crippen LogP) is 0.895. The number of likely N-dealkylation sites (N-methyl/N-ethyl adjacent to an activating group) is 1. The highest BCUT2D eigenvalue weighted by atomic mass is 16.5. The number of aromatic nitrogens is 1. The van der Waals surface area contributed by atoms with Crippen LogP contribution < -0.4 is 10.6 Å². The van der Waals surface area contributed by atoms with Crippen molar-refractivity contribution in [1.82, 2.24) is 4.98 Å². The Balaban J connectivity index is 2.22. The van der Waals surface area contributed by atoms with Crippen LogP contribution in [0.4, 0.5) is 5.82 Å². The van der Waals surface area contributed by atoms with Crippen LogP contribution in [0.3, 0.4) is 0 Å². The van der Waals surface area contributed by atoms with Crippen LogP contribution in [-0.2, 0) is 18.0 Å². The van der Waals surface area contributed by atoms with Crippen molar-refractivity contribution in [1.29, 1.82) is 0 Å². The molecule has 82 valence electrons. The van der Waals surface area contributed by atoms with Crippen molar-refractivity contribution in [3.63, 3.8) is 0 Å². The summed E-state index contributed by atoms with van der Waals surface area (Å²) in [5.41, 5.74) is 8.08. The summed E-state index contributed by atoms with van der Waals surface area (Å²) >= 11 is 0. The summed E-state index contributed by atoms with van der Waals surface area (Å²) in [6, 6.07) is 2.40. The maximum atomic E-state index is 5.63. The largest absolute Gasteiger partial charge is 0.372 e. The van der Waals surface area contributed by atoms with Crippen LogP contribution in [0, 0.1) is 0 Å². The molecule has 1 aromatic rings. The smallest absolute Gasteiger partial charge is 0.128 e. The van der Waals surface area contributed by atoms with Crippen LogP contribution in [0.2, 0.25) is 0 Å². The van der Waals surface area contributed by atoms with Gasteiger partial charge < -0.3 is 15.4 Å². The van der Waals surface area contributed by atoms with E-state index in [2.05, 4.69) is 22.9 Å². The number of rotatable bonds is 3. The first-order chi connectivity index (χ1) is 7.22. The van der Waals surface area contributed by atoms with Gasteiger partial charge in [-0.2, -0.15) is 0 Å². The van der Waals surface area contributed by atoms with E-state index in [0.717, 1.165) is 5.82 Å². The number of hydrogen-bond acceptors (Lipinski definition) is 4. The maximum absolute atomic E-state index is 5.63. The van der Waals surface area contributed by atoms with Crippen molar-refractivity contribution in [2.75, 3.05) is 18.5 Å². The minimum atomic E-state index is 0.304. The van der Waals surface area contributed by atoms with Crippen molar-refractivity contribution in [2.24, 2.45) is 5.73 Å². The Morgan fingerprint density at radius 2 is 2.27 bits per heavy atom. The highest BCUT2D eigenvalue weighted by molar-refractivity contribution is 5.44. The van der Waals surface area contributed by atoms with Crippen LogP contribution in [0.25, 0.3) is 0 Å². The van der Waals surface area contributed by atoms with E-state index in [0.29, 0.717) is 25.8 Å². The fourth-order valence-electron chi connectivity index (χ4n) is 1.62. The topological polar surface area (TPSA) is 51.4 Å². The fourth-order valence-corrected chi connectivity index (χ4v) is 1.62. The molecule has 1 unspecified atom stereocenters. The lowest BCUT2D eigenvalue weighted by atomic mass is 10.2. The zero-order chi connectivity index (χ0) is 10.8. The molecule has 0 spiro atoms. The molecule has 15 heavy (non-hydrogen) atoms. The van der Waals surface area contributed by atoms with E-state index < -0.39 is 0 Å². The molecule has 1 aromatic heterocycles. The molecule has 0 fully saturated rings. The van der Waals surface area contributed by atoms with Gasteiger partial charge in [0, 0.05) is 31.4 Å². The molecule has 0 saturated heterocycles. The number of nitrogens with two attached hydrogens (primary N) is 1. The first-order valence-electron chi connectivity index (χ1n) is 5.21. The second kappa shape index (κ2) is 4.16. The Morgan fingerprint density at radius 1 is 1.53 bits per heavy atom. The summed E-state index contributed by atoms with van der Waals surface area (Å²) in [4.78, 5) is 6.51. The first-order valence-corrected chi connectivity index (χ1v) is 5.21. The average Bonchev–Trinajstić information content (AvgIpc) is 2.73. The quantitative estimate of drug-likeness (QED) is 0.800. The van der Waals surface area contributed by atoms with Crippen molar-refractivity contribution >= 4 is 5.82 Å². The third-order valence-electron chi connectivity index (χ3n) is 2.95. The van der Waals surface area contributed by atoms with Gasteiger partial charge in [0.05, 0.1) is 13.2 Å². The van der Waals surface area contributed by atoms with E-state index >= 15 is 0 Å². The van der Waals surface area contributed by atoms with Gasteiger partial charge in [0.15, 0.2) is 0 Å². The van der Waals surface area contributed by atoms with E-state index in [-0.39, 0.29) is 0 Å². The monoisotopic (exact) mass is 207 g/mol. The molecule has 1 atom stereocenters. The third kappa shape index (κ3) is 1.96. The van der Waals surface area contributed by atoms with Crippen LogP contribution in [-0.4, -0.2) is 24.6 Å². The SMILES string of the molecule is CC(CN)N(C)c1cc2c(cn1)COC2. The van der Waals surface area contributed by atoms with E-state index in [1.807, 2.05) is 13.2 Å². The molecule has 2 heterocycles. The normalized spacial score (nSPS) is 16.2. The Morgan fingerprint density at radius 3 is 3.00 bits per heavy atom. The number of anilines is 1. The van der Waals surface area contributed by atoms with Crippen molar-refractivity contribution in [3.8, 4) is 0 Å². The third-order valence-corrected chi connectivity index (χ3v) is 2.95. The summed E-state index contributed by atoms with van der Waals surface area (Å²) in [6.45, 7) is 4.12. The van der Waals surface area contributed by atoms with Crippen LogP contribution in [0.1, 0.15) is 18.1 Å². The van der Waals surface area contributed by atoms with E-state index in [4.69, 9.17) is 10.5 Å². The average molecular weight is 207 g/mol. The molecule has 4 heteroatoms. The summed E-state index contributed by atoms with van der Waals surface area (Å²) in [7, 11) is 2.02. The van der Waals surface area contributed by atoms with Crippen molar-refractivity contribution < 1.29 is 4.74 Å². The summed E-state index contributed by atoms with van der Waals surface area (Å²) in [5.74, 6) is 0.970. The molecular formula is C11H17N3O. The van der Waals surface area contributed by atoms with Gasteiger partial charge >= 0.3 is 0 Å². The Labute approximate surface area is 90.0 Å². The standard InChI is InChI=1S/C11H17N3O/c1-8(4-12)14(2)11-3-9-6-15-7-10(9)5-13-11/h3,5,8H,4,6-7,12H2,1-2H3.